The minimum atomic E-state index is -1.11. The molecule has 188 valence electrons. The van der Waals surface area contributed by atoms with E-state index in [-0.39, 0.29) is 40.4 Å². The summed E-state index contributed by atoms with van der Waals surface area (Å²) in [5, 5.41) is 31.9. The average Bonchev–Trinajstić information content (AvgIpc) is 3.17. The molecule has 0 bridgehead atoms. The zero-order valence-corrected chi connectivity index (χ0v) is 19.7. The summed E-state index contributed by atoms with van der Waals surface area (Å²) in [6.45, 7) is 2.07. The summed E-state index contributed by atoms with van der Waals surface area (Å²) >= 11 is 0. The van der Waals surface area contributed by atoms with E-state index in [1.54, 1.807) is 12.1 Å². The number of nitrogens with zero attached hydrogens (tertiary/aromatic N) is 2. The molecule has 1 unspecified atom stereocenters. The molecule has 37 heavy (non-hydrogen) atoms. The number of rotatable bonds is 7. The molecule has 3 aromatic carbocycles. The van der Waals surface area contributed by atoms with Crippen LogP contribution in [0.2, 0.25) is 0 Å². The Kier molecular flexibility index (Phi) is 7.01. The fourth-order valence-corrected chi connectivity index (χ4v) is 4.03. The number of hydrogen-bond acceptors (Lipinski definition) is 8. The van der Waals surface area contributed by atoms with E-state index in [2.05, 4.69) is 0 Å². The van der Waals surface area contributed by atoms with Crippen molar-refractivity contribution in [2.24, 2.45) is 0 Å². The number of phenolic OH excluding ortho intramolecular Hbond substituents is 1. The second-order valence-electron chi connectivity index (χ2n) is 8.25. The Hall–Kier alpha value is -4.99. The number of hydrogen-bond donors (Lipinski definition) is 2. The van der Waals surface area contributed by atoms with Gasteiger partial charge in [-0.05, 0) is 54.4 Å². The van der Waals surface area contributed by atoms with Gasteiger partial charge in [-0.2, -0.15) is 0 Å². The largest absolute Gasteiger partial charge is 0.508 e. The van der Waals surface area contributed by atoms with Gasteiger partial charge in [-0.15, -0.1) is 0 Å². The van der Waals surface area contributed by atoms with Gasteiger partial charge in [-0.1, -0.05) is 25.1 Å². The van der Waals surface area contributed by atoms with Gasteiger partial charge in [0, 0.05) is 23.4 Å². The Morgan fingerprint density at radius 3 is 2.32 bits per heavy atom. The molecule has 1 saturated heterocycles. The maximum atomic E-state index is 13.3. The van der Waals surface area contributed by atoms with E-state index in [4.69, 9.17) is 4.74 Å². The second-order valence-corrected chi connectivity index (χ2v) is 8.25. The molecule has 10 heteroatoms. The summed E-state index contributed by atoms with van der Waals surface area (Å²) < 4.78 is 5.18. The Morgan fingerprint density at radius 2 is 1.70 bits per heavy atom. The molecule has 0 aromatic heterocycles. The number of carbonyl (C=O) groups is 3. The van der Waals surface area contributed by atoms with Crippen LogP contribution in [0.4, 0.5) is 11.4 Å². The van der Waals surface area contributed by atoms with Crippen LogP contribution in [0.3, 0.4) is 0 Å². The molecular weight excluding hydrogens is 480 g/mol. The lowest BCUT2D eigenvalue weighted by molar-refractivity contribution is -0.384. The highest BCUT2D eigenvalue weighted by Crippen LogP contribution is 2.42. The van der Waals surface area contributed by atoms with Gasteiger partial charge in [0.1, 0.15) is 11.5 Å². The van der Waals surface area contributed by atoms with Crippen molar-refractivity contribution in [3.05, 3.63) is 105 Å². The Balaban J connectivity index is 1.86. The molecule has 2 N–H and O–H groups in total. The number of amides is 1. The van der Waals surface area contributed by atoms with Gasteiger partial charge in [-0.3, -0.25) is 24.6 Å². The highest BCUT2D eigenvalue weighted by Gasteiger charge is 2.47. The Labute approximate surface area is 211 Å². The highest BCUT2D eigenvalue weighted by molar-refractivity contribution is 6.51. The number of ketones is 1. The second kappa shape index (κ2) is 10.3. The molecule has 1 heterocycles. The minimum absolute atomic E-state index is 0.0447. The zero-order chi connectivity index (χ0) is 26.7. The van der Waals surface area contributed by atoms with E-state index in [0.717, 1.165) is 4.90 Å². The number of Topliss-reactive ketones (excluding diaryl/α,β-unsaturated/α-hetero) is 1. The van der Waals surface area contributed by atoms with Gasteiger partial charge < -0.3 is 14.9 Å². The number of benzene rings is 3. The van der Waals surface area contributed by atoms with Crippen LogP contribution in [-0.4, -0.2) is 39.4 Å². The van der Waals surface area contributed by atoms with Crippen molar-refractivity contribution in [3.8, 4) is 5.75 Å². The van der Waals surface area contributed by atoms with Crippen molar-refractivity contribution < 1.29 is 34.3 Å². The SMILES string of the molecule is CCCOC(=O)c1cccc(N2C(=O)C(=O)/C(=C(/O)c3ccc([N+](=O)[O-])cc3)C2c2ccc(O)cc2)c1. The van der Waals surface area contributed by atoms with Crippen molar-refractivity contribution in [2.75, 3.05) is 11.5 Å². The topological polar surface area (TPSA) is 147 Å². The standard InChI is InChI=1S/C27H22N2O8/c1-2-14-37-27(34)18-4-3-5-20(15-18)28-23(16-8-12-21(30)13-9-16)22(25(32)26(28)33)24(31)17-6-10-19(11-7-17)29(35)36/h3-13,15,23,30-31H,2,14H2,1H3/b24-22+. The van der Waals surface area contributed by atoms with E-state index in [1.165, 1.54) is 60.7 Å². The van der Waals surface area contributed by atoms with Crippen LogP contribution in [0, 0.1) is 10.1 Å². The van der Waals surface area contributed by atoms with Crippen molar-refractivity contribution in [1.82, 2.24) is 0 Å². The van der Waals surface area contributed by atoms with Crippen LogP contribution in [0.15, 0.2) is 78.4 Å². The molecule has 0 aliphatic carbocycles. The first kappa shape index (κ1) is 25.1. The van der Waals surface area contributed by atoms with Crippen LogP contribution in [0.1, 0.15) is 40.9 Å². The van der Waals surface area contributed by atoms with Gasteiger partial charge in [0.15, 0.2) is 0 Å². The number of esters is 1. The number of aliphatic hydroxyl groups is 1. The number of aromatic hydroxyl groups is 1. The highest BCUT2D eigenvalue weighted by atomic mass is 16.6. The first-order chi connectivity index (χ1) is 17.7. The van der Waals surface area contributed by atoms with Gasteiger partial charge in [0.05, 0.1) is 28.7 Å². The number of nitro benzene ring substituents is 1. The lowest BCUT2D eigenvalue weighted by Gasteiger charge is -2.25. The molecule has 1 aliphatic rings. The summed E-state index contributed by atoms with van der Waals surface area (Å²) in [6, 6.07) is 15.6. The molecule has 0 radical (unpaired) electrons. The smallest absolute Gasteiger partial charge is 0.338 e. The monoisotopic (exact) mass is 502 g/mol. The maximum absolute atomic E-state index is 13.3. The minimum Gasteiger partial charge on any atom is -0.508 e. The fourth-order valence-electron chi connectivity index (χ4n) is 4.03. The quantitative estimate of drug-likeness (QED) is 0.120. The summed E-state index contributed by atoms with van der Waals surface area (Å²) in [5.41, 5.74) is 0.438. The summed E-state index contributed by atoms with van der Waals surface area (Å²) in [5.74, 6) is -3.08. The third kappa shape index (κ3) is 4.90. The normalized spacial score (nSPS) is 16.6. The fraction of sp³-hybridized carbons (Fsp3) is 0.148. The van der Waals surface area contributed by atoms with E-state index < -0.39 is 34.4 Å². The van der Waals surface area contributed by atoms with Crippen molar-refractivity contribution in [2.45, 2.75) is 19.4 Å². The predicted molar refractivity (Wildman–Crippen MR) is 133 cm³/mol. The van der Waals surface area contributed by atoms with Gasteiger partial charge in [0.2, 0.25) is 0 Å². The lowest BCUT2D eigenvalue weighted by atomic mass is 9.95. The van der Waals surface area contributed by atoms with Crippen molar-refractivity contribution >= 4 is 34.8 Å². The van der Waals surface area contributed by atoms with Crippen LogP contribution in [0.5, 0.6) is 5.75 Å². The van der Waals surface area contributed by atoms with Gasteiger partial charge in [0.25, 0.3) is 17.4 Å². The molecule has 1 atom stereocenters. The summed E-state index contributed by atoms with van der Waals surface area (Å²) in [7, 11) is 0. The van der Waals surface area contributed by atoms with Gasteiger partial charge >= 0.3 is 5.97 Å². The predicted octanol–water partition coefficient (Wildman–Crippen LogP) is 4.49. The Morgan fingerprint density at radius 1 is 1.03 bits per heavy atom. The molecule has 0 saturated carbocycles. The summed E-state index contributed by atoms with van der Waals surface area (Å²) in [6.07, 6.45) is 0.629. The van der Waals surface area contributed by atoms with Crippen LogP contribution >= 0.6 is 0 Å². The molecular formula is C27H22N2O8. The van der Waals surface area contributed by atoms with Gasteiger partial charge in [-0.25, -0.2) is 4.79 Å². The number of phenols is 1. The van der Waals surface area contributed by atoms with Crippen molar-refractivity contribution in [1.29, 1.82) is 0 Å². The first-order valence-electron chi connectivity index (χ1n) is 11.3. The molecule has 0 spiro atoms. The van der Waals surface area contributed by atoms with Crippen molar-refractivity contribution in [3.63, 3.8) is 0 Å². The first-order valence-corrected chi connectivity index (χ1v) is 11.3. The van der Waals surface area contributed by atoms with Crippen LogP contribution in [0.25, 0.3) is 5.76 Å². The molecule has 1 aliphatic heterocycles. The number of anilines is 1. The van der Waals surface area contributed by atoms with E-state index in [1.807, 2.05) is 6.92 Å². The number of non-ortho nitro benzene ring substituents is 1. The molecule has 1 amide bonds. The maximum Gasteiger partial charge on any atom is 0.338 e. The van der Waals surface area contributed by atoms with Crippen LogP contribution in [-0.2, 0) is 14.3 Å². The third-order valence-electron chi connectivity index (χ3n) is 5.80. The van der Waals surface area contributed by atoms with Crippen LogP contribution < -0.4 is 4.90 Å². The third-order valence-corrected chi connectivity index (χ3v) is 5.80. The lowest BCUT2D eigenvalue weighted by Crippen LogP contribution is -2.29. The molecule has 3 aromatic rings. The average molecular weight is 502 g/mol. The van der Waals surface area contributed by atoms with E-state index in [0.29, 0.717) is 12.0 Å². The molecule has 10 nitrogen and oxygen atoms in total. The molecule has 4 rings (SSSR count). The number of nitro groups is 1. The van der Waals surface area contributed by atoms with E-state index in [9.17, 15) is 34.7 Å². The number of ether oxygens (including phenoxy) is 1. The Bertz CT molecular complexity index is 1410. The summed E-state index contributed by atoms with van der Waals surface area (Å²) in [4.78, 5) is 50.5. The number of carbonyl (C=O) groups excluding carboxylic acids is 3. The van der Waals surface area contributed by atoms with E-state index >= 15 is 0 Å². The number of aliphatic hydroxyl groups excluding tert-OH is 1. The molecule has 1 fully saturated rings. The zero-order valence-electron chi connectivity index (χ0n) is 19.7.